The van der Waals surface area contributed by atoms with Gasteiger partial charge in [-0.1, -0.05) is 0 Å². The Morgan fingerprint density at radius 1 is 1.42 bits per heavy atom. The van der Waals surface area contributed by atoms with Crippen molar-refractivity contribution in [2.24, 2.45) is 0 Å². The maximum absolute atomic E-state index is 11.6. The van der Waals surface area contributed by atoms with E-state index >= 15 is 0 Å². The van der Waals surface area contributed by atoms with E-state index in [1.54, 1.807) is 7.11 Å². The second-order valence-corrected chi connectivity index (χ2v) is 7.44. The summed E-state index contributed by atoms with van der Waals surface area (Å²) in [6, 6.07) is 0. The van der Waals surface area contributed by atoms with Gasteiger partial charge in [0.15, 0.2) is 9.84 Å². The van der Waals surface area contributed by atoms with Crippen molar-refractivity contribution in [2.45, 2.75) is 37.2 Å². The van der Waals surface area contributed by atoms with Gasteiger partial charge in [-0.2, -0.15) is 0 Å². The van der Waals surface area contributed by atoms with Gasteiger partial charge in [-0.3, -0.25) is 0 Å². The molecule has 1 heterocycles. The molecule has 1 aliphatic heterocycles. The van der Waals surface area contributed by atoms with Crippen LogP contribution in [-0.4, -0.2) is 70.1 Å². The van der Waals surface area contributed by atoms with Gasteiger partial charge in [0.25, 0.3) is 0 Å². The standard InChI is InChI=1S/C12H25NO5S/c1-10(8-17-2)18-9-11(14)6-13-7-12-4-3-5-19(12,15)16/h10-14H,3-9H2,1-2H3. The topological polar surface area (TPSA) is 84.9 Å². The van der Waals surface area contributed by atoms with E-state index < -0.39 is 15.9 Å². The van der Waals surface area contributed by atoms with Gasteiger partial charge in [-0.25, -0.2) is 8.42 Å². The Kier molecular flexibility index (Phi) is 7.23. The van der Waals surface area contributed by atoms with Crippen LogP contribution in [0.2, 0.25) is 0 Å². The van der Waals surface area contributed by atoms with E-state index in [0.717, 1.165) is 6.42 Å². The van der Waals surface area contributed by atoms with Gasteiger partial charge in [0.05, 0.1) is 36.4 Å². The molecule has 2 N–H and O–H groups in total. The van der Waals surface area contributed by atoms with Crippen LogP contribution in [0.3, 0.4) is 0 Å². The number of hydrogen-bond donors (Lipinski definition) is 2. The molecule has 1 rings (SSSR count). The van der Waals surface area contributed by atoms with Crippen LogP contribution in [0.15, 0.2) is 0 Å². The lowest BCUT2D eigenvalue weighted by Gasteiger charge is -2.17. The van der Waals surface area contributed by atoms with E-state index in [2.05, 4.69) is 5.32 Å². The predicted molar refractivity (Wildman–Crippen MR) is 73.0 cm³/mol. The molecule has 6 nitrogen and oxygen atoms in total. The molecule has 1 saturated heterocycles. The van der Waals surface area contributed by atoms with Crippen molar-refractivity contribution in [1.82, 2.24) is 5.32 Å². The second kappa shape index (κ2) is 8.16. The van der Waals surface area contributed by atoms with E-state index in [9.17, 15) is 13.5 Å². The van der Waals surface area contributed by atoms with Crippen molar-refractivity contribution in [3.63, 3.8) is 0 Å². The average Bonchev–Trinajstić information content (AvgIpc) is 2.67. The van der Waals surface area contributed by atoms with Crippen molar-refractivity contribution >= 4 is 9.84 Å². The van der Waals surface area contributed by atoms with Crippen molar-refractivity contribution in [3.8, 4) is 0 Å². The van der Waals surface area contributed by atoms with Gasteiger partial charge in [-0.15, -0.1) is 0 Å². The number of aliphatic hydroxyl groups excluding tert-OH is 1. The maximum Gasteiger partial charge on any atom is 0.154 e. The third-order valence-electron chi connectivity index (χ3n) is 3.19. The van der Waals surface area contributed by atoms with Crippen LogP contribution < -0.4 is 5.32 Å². The monoisotopic (exact) mass is 295 g/mol. The molecular formula is C12H25NO5S. The SMILES string of the molecule is COCC(C)OCC(O)CNCC1CCCS1(=O)=O. The van der Waals surface area contributed by atoms with Crippen molar-refractivity contribution in [1.29, 1.82) is 0 Å². The Bertz CT molecular complexity index is 346. The van der Waals surface area contributed by atoms with E-state index in [-0.39, 0.29) is 18.0 Å². The van der Waals surface area contributed by atoms with Crippen molar-refractivity contribution in [3.05, 3.63) is 0 Å². The van der Waals surface area contributed by atoms with Crippen LogP contribution in [0, 0.1) is 0 Å². The molecule has 0 radical (unpaired) electrons. The van der Waals surface area contributed by atoms with E-state index in [0.29, 0.717) is 31.9 Å². The summed E-state index contributed by atoms with van der Waals surface area (Å²) in [6.07, 6.45) is 0.764. The molecule has 3 unspecified atom stereocenters. The molecule has 0 amide bonds. The Balaban J connectivity index is 2.12. The fraction of sp³-hybridized carbons (Fsp3) is 1.00. The van der Waals surface area contributed by atoms with Crippen LogP contribution >= 0.6 is 0 Å². The number of sulfone groups is 1. The quantitative estimate of drug-likeness (QED) is 0.600. The number of aliphatic hydroxyl groups is 1. The summed E-state index contributed by atoms with van der Waals surface area (Å²) in [5.41, 5.74) is 0. The molecule has 3 atom stereocenters. The lowest BCUT2D eigenvalue weighted by atomic mass is 10.2. The third-order valence-corrected chi connectivity index (χ3v) is 5.47. The highest BCUT2D eigenvalue weighted by atomic mass is 32.2. The molecular weight excluding hydrogens is 270 g/mol. The summed E-state index contributed by atoms with van der Waals surface area (Å²) in [5, 5.41) is 12.4. The van der Waals surface area contributed by atoms with E-state index in [1.165, 1.54) is 0 Å². The minimum absolute atomic E-state index is 0.0603. The number of nitrogens with one attached hydrogen (secondary N) is 1. The lowest BCUT2D eigenvalue weighted by molar-refractivity contribution is -0.0310. The third kappa shape index (κ3) is 6.18. The van der Waals surface area contributed by atoms with Crippen LogP contribution in [0.1, 0.15) is 19.8 Å². The molecule has 0 spiro atoms. The molecule has 0 saturated carbocycles. The van der Waals surface area contributed by atoms with Crippen LogP contribution in [0.25, 0.3) is 0 Å². The summed E-state index contributed by atoms with van der Waals surface area (Å²) < 4.78 is 33.5. The summed E-state index contributed by atoms with van der Waals surface area (Å²) in [5.74, 6) is 0.291. The lowest BCUT2D eigenvalue weighted by Crippen LogP contribution is -2.37. The van der Waals surface area contributed by atoms with Gasteiger partial charge >= 0.3 is 0 Å². The van der Waals surface area contributed by atoms with Crippen molar-refractivity contribution < 1.29 is 23.0 Å². The van der Waals surface area contributed by atoms with Gasteiger partial charge in [-0.05, 0) is 19.8 Å². The minimum Gasteiger partial charge on any atom is -0.389 e. The van der Waals surface area contributed by atoms with Crippen LogP contribution in [0.5, 0.6) is 0 Å². The van der Waals surface area contributed by atoms with Gasteiger partial charge in [0, 0.05) is 20.2 Å². The Hall–Kier alpha value is -0.210. The molecule has 0 aromatic rings. The average molecular weight is 295 g/mol. The van der Waals surface area contributed by atoms with Gasteiger partial charge < -0.3 is 19.9 Å². The zero-order chi connectivity index (χ0) is 14.3. The van der Waals surface area contributed by atoms with Gasteiger partial charge in [0.2, 0.25) is 0 Å². The molecule has 114 valence electrons. The highest BCUT2D eigenvalue weighted by Crippen LogP contribution is 2.18. The largest absolute Gasteiger partial charge is 0.389 e. The number of rotatable bonds is 9. The fourth-order valence-electron chi connectivity index (χ4n) is 2.12. The molecule has 19 heavy (non-hydrogen) atoms. The Labute approximate surface area is 115 Å². The first-order chi connectivity index (χ1) is 8.95. The fourth-order valence-corrected chi connectivity index (χ4v) is 3.92. The first-order valence-electron chi connectivity index (χ1n) is 6.66. The van der Waals surface area contributed by atoms with Crippen molar-refractivity contribution in [2.75, 3.05) is 39.2 Å². The van der Waals surface area contributed by atoms with Crippen LogP contribution in [0.4, 0.5) is 0 Å². The highest BCUT2D eigenvalue weighted by Gasteiger charge is 2.30. The highest BCUT2D eigenvalue weighted by molar-refractivity contribution is 7.92. The zero-order valence-electron chi connectivity index (χ0n) is 11.7. The van der Waals surface area contributed by atoms with Crippen LogP contribution in [-0.2, 0) is 19.3 Å². The molecule has 7 heteroatoms. The smallest absolute Gasteiger partial charge is 0.154 e. The number of ether oxygens (including phenoxy) is 2. The molecule has 1 fully saturated rings. The van der Waals surface area contributed by atoms with E-state index in [1.807, 2.05) is 6.92 Å². The van der Waals surface area contributed by atoms with Gasteiger partial charge in [0.1, 0.15) is 0 Å². The van der Waals surface area contributed by atoms with E-state index in [4.69, 9.17) is 9.47 Å². The first-order valence-corrected chi connectivity index (χ1v) is 8.38. The second-order valence-electron chi connectivity index (χ2n) is 5.04. The summed E-state index contributed by atoms with van der Waals surface area (Å²) in [6.45, 7) is 3.32. The summed E-state index contributed by atoms with van der Waals surface area (Å²) in [4.78, 5) is 0. The molecule has 0 aliphatic carbocycles. The zero-order valence-corrected chi connectivity index (χ0v) is 12.5. The number of methoxy groups -OCH3 is 1. The molecule has 0 aromatic heterocycles. The molecule has 1 aliphatic rings. The first kappa shape index (κ1) is 16.8. The summed E-state index contributed by atoms with van der Waals surface area (Å²) >= 11 is 0. The normalized spacial score (nSPS) is 25.3. The maximum atomic E-state index is 11.6. The summed E-state index contributed by atoms with van der Waals surface area (Å²) in [7, 11) is -1.31. The molecule has 0 bridgehead atoms. The predicted octanol–water partition coefficient (Wildman–Crippen LogP) is -0.434. The molecule has 0 aromatic carbocycles. The minimum atomic E-state index is -2.91. The Morgan fingerprint density at radius 2 is 2.16 bits per heavy atom. The Morgan fingerprint density at radius 3 is 2.74 bits per heavy atom. The number of hydrogen-bond acceptors (Lipinski definition) is 6.